The van der Waals surface area contributed by atoms with Gasteiger partial charge in [0.15, 0.2) is 17.0 Å². The number of hydrogen-bond donors (Lipinski definition) is 0. The minimum Gasteiger partial charge on any atom is -0.336 e. The first-order chi connectivity index (χ1) is 15.0. The molecule has 7 nitrogen and oxygen atoms in total. The Kier molecular flexibility index (Phi) is 5.61. The van der Waals surface area contributed by atoms with E-state index >= 15 is 0 Å². The Balaban J connectivity index is 1.79. The zero-order valence-electron chi connectivity index (χ0n) is 17.5. The highest BCUT2D eigenvalue weighted by Gasteiger charge is 2.37. The summed E-state index contributed by atoms with van der Waals surface area (Å²) in [4.78, 5) is 19.5. The summed E-state index contributed by atoms with van der Waals surface area (Å²) in [6.07, 6.45) is -4.69. The van der Waals surface area contributed by atoms with Crippen molar-refractivity contribution in [1.29, 1.82) is 0 Å². The van der Waals surface area contributed by atoms with Gasteiger partial charge >= 0.3 is 6.18 Å². The minimum absolute atomic E-state index is 0.0753. The van der Waals surface area contributed by atoms with E-state index in [9.17, 15) is 18.0 Å². The predicted molar refractivity (Wildman–Crippen MR) is 117 cm³/mol. The Labute approximate surface area is 193 Å². The quantitative estimate of drug-likeness (QED) is 0.380. The highest BCUT2D eigenvalue weighted by molar-refractivity contribution is 9.10. The molecule has 12 heteroatoms. The summed E-state index contributed by atoms with van der Waals surface area (Å²) in [5.41, 5.74) is 1.49. The SMILES string of the molecule is Cc1nn(C)c(C)c1CN(C)C(=O)c1nn2c(C(F)(F)F)cc(-c3cccs3)nc2c1Br. The van der Waals surface area contributed by atoms with Gasteiger partial charge in [-0.1, -0.05) is 6.07 Å². The van der Waals surface area contributed by atoms with Crippen LogP contribution in [-0.4, -0.2) is 42.2 Å². The second kappa shape index (κ2) is 8.00. The van der Waals surface area contributed by atoms with Crippen LogP contribution in [0.4, 0.5) is 13.2 Å². The smallest absolute Gasteiger partial charge is 0.336 e. The normalized spacial score (nSPS) is 12.0. The van der Waals surface area contributed by atoms with Gasteiger partial charge in [0.1, 0.15) is 0 Å². The Morgan fingerprint density at radius 1 is 1.28 bits per heavy atom. The number of carbonyl (C=O) groups is 1. The van der Waals surface area contributed by atoms with Gasteiger partial charge in [-0.05, 0) is 47.3 Å². The van der Waals surface area contributed by atoms with Gasteiger partial charge in [0.05, 0.1) is 20.7 Å². The van der Waals surface area contributed by atoms with Gasteiger partial charge in [0.25, 0.3) is 5.91 Å². The molecule has 32 heavy (non-hydrogen) atoms. The number of rotatable bonds is 4. The number of carbonyl (C=O) groups excluding carboxylic acids is 1. The molecule has 0 saturated heterocycles. The van der Waals surface area contributed by atoms with Crippen LogP contribution in [0.1, 0.15) is 33.1 Å². The largest absolute Gasteiger partial charge is 0.433 e. The monoisotopic (exact) mass is 526 g/mol. The van der Waals surface area contributed by atoms with Crippen molar-refractivity contribution in [2.24, 2.45) is 7.05 Å². The van der Waals surface area contributed by atoms with Crippen LogP contribution < -0.4 is 0 Å². The zero-order valence-corrected chi connectivity index (χ0v) is 19.9. The lowest BCUT2D eigenvalue weighted by molar-refractivity contribution is -0.142. The van der Waals surface area contributed by atoms with E-state index < -0.39 is 17.8 Å². The van der Waals surface area contributed by atoms with E-state index in [-0.39, 0.29) is 28.1 Å². The molecule has 4 rings (SSSR count). The van der Waals surface area contributed by atoms with Crippen molar-refractivity contribution >= 4 is 38.8 Å². The first-order valence-electron chi connectivity index (χ1n) is 9.44. The van der Waals surface area contributed by atoms with Crippen molar-refractivity contribution in [2.75, 3.05) is 7.05 Å². The molecule has 0 unspecified atom stereocenters. The number of alkyl halides is 3. The van der Waals surface area contributed by atoms with Crippen molar-refractivity contribution in [3.8, 4) is 10.6 Å². The number of aryl methyl sites for hydroxylation is 2. The maximum Gasteiger partial charge on any atom is 0.433 e. The molecule has 0 radical (unpaired) electrons. The van der Waals surface area contributed by atoms with E-state index in [1.165, 1.54) is 16.2 Å². The van der Waals surface area contributed by atoms with Crippen LogP contribution in [0.25, 0.3) is 16.2 Å². The van der Waals surface area contributed by atoms with Crippen LogP contribution in [0.2, 0.25) is 0 Å². The van der Waals surface area contributed by atoms with Crippen LogP contribution in [0.3, 0.4) is 0 Å². The third-order valence-electron chi connectivity index (χ3n) is 5.20. The predicted octanol–water partition coefficient (Wildman–Crippen LogP) is 4.86. The Morgan fingerprint density at radius 3 is 2.56 bits per heavy atom. The van der Waals surface area contributed by atoms with E-state index in [0.717, 1.165) is 23.0 Å². The van der Waals surface area contributed by atoms with E-state index in [1.807, 2.05) is 20.9 Å². The van der Waals surface area contributed by atoms with E-state index in [0.29, 0.717) is 9.39 Å². The molecule has 1 amide bonds. The van der Waals surface area contributed by atoms with Gasteiger partial charge in [-0.15, -0.1) is 11.3 Å². The molecule has 0 spiro atoms. The van der Waals surface area contributed by atoms with Gasteiger partial charge in [0.2, 0.25) is 0 Å². The van der Waals surface area contributed by atoms with E-state index in [1.54, 1.807) is 29.2 Å². The molecule has 0 aliphatic rings. The molecule has 0 N–H and O–H groups in total. The van der Waals surface area contributed by atoms with Crippen LogP contribution in [0, 0.1) is 13.8 Å². The van der Waals surface area contributed by atoms with Crippen molar-refractivity contribution < 1.29 is 18.0 Å². The average Bonchev–Trinajstić information content (AvgIpc) is 3.42. The maximum absolute atomic E-state index is 13.8. The van der Waals surface area contributed by atoms with Gasteiger partial charge in [-0.2, -0.15) is 23.4 Å². The van der Waals surface area contributed by atoms with Crippen molar-refractivity contribution in [3.05, 3.63) is 56.4 Å². The molecule has 0 aliphatic heterocycles. The molecule has 0 fully saturated rings. The third kappa shape index (κ3) is 3.81. The fourth-order valence-corrected chi connectivity index (χ4v) is 4.61. The molecular formula is C20H18BrF3N6OS. The van der Waals surface area contributed by atoms with Crippen molar-refractivity contribution in [2.45, 2.75) is 26.6 Å². The first-order valence-corrected chi connectivity index (χ1v) is 11.1. The lowest BCUT2D eigenvalue weighted by Gasteiger charge is -2.16. The fourth-order valence-electron chi connectivity index (χ4n) is 3.42. The second-order valence-corrected chi connectivity index (χ2v) is 9.07. The summed E-state index contributed by atoms with van der Waals surface area (Å²) in [5, 5.41) is 10.1. The Morgan fingerprint density at radius 2 is 2.00 bits per heavy atom. The van der Waals surface area contributed by atoms with Crippen LogP contribution >= 0.6 is 27.3 Å². The Hall–Kier alpha value is -2.73. The number of hydrogen-bond acceptors (Lipinski definition) is 5. The van der Waals surface area contributed by atoms with Gasteiger partial charge in [-0.3, -0.25) is 9.48 Å². The topological polar surface area (TPSA) is 68.3 Å². The van der Waals surface area contributed by atoms with E-state index in [4.69, 9.17) is 0 Å². The van der Waals surface area contributed by atoms with Gasteiger partial charge in [-0.25, -0.2) is 9.50 Å². The number of fused-ring (bicyclic) bond motifs is 1. The number of halogens is 4. The molecule has 4 aromatic rings. The average molecular weight is 527 g/mol. The van der Waals surface area contributed by atoms with E-state index in [2.05, 4.69) is 31.1 Å². The third-order valence-corrected chi connectivity index (χ3v) is 6.82. The molecule has 0 aromatic carbocycles. The first kappa shape index (κ1) is 22.5. The summed E-state index contributed by atoms with van der Waals surface area (Å²) in [7, 11) is 3.38. The summed E-state index contributed by atoms with van der Waals surface area (Å²) in [6, 6.07) is 4.36. The van der Waals surface area contributed by atoms with Gasteiger partial charge < -0.3 is 4.90 Å². The minimum atomic E-state index is -4.69. The van der Waals surface area contributed by atoms with Gasteiger partial charge in [0, 0.05) is 31.9 Å². The maximum atomic E-state index is 13.8. The van der Waals surface area contributed by atoms with Crippen LogP contribution in [-0.2, 0) is 19.8 Å². The van der Waals surface area contributed by atoms with Crippen molar-refractivity contribution in [1.82, 2.24) is 29.3 Å². The number of nitrogens with zero attached hydrogens (tertiary/aromatic N) is 6. The lowest BCUT2D eigenvalue weighted by Crippen LogP contribution is -2.27. The number of amides is 1. The standard InChI is InChI=1S/C20H18BrF3N6OS/c1-10-12(11(2)29(4)26-10)9-28(3)19(31)17-16(21)18-25-13(14-6-5-7-32-14)8-15(20(22,23)24)30(18)27-17/h5-8H,9H2,1-4H3. The molecule has 168 valence electrons. The fraction of sp³-hybridized carbons (Fsp3) is 0.300. The molecule has 4 heterocycles. The summed E-state index contributed by atoms with van der Waals surface area (Å²) in [5.74, 6) is -0.532. The number of thiophene rings is 1. The molecule has 0 atom stereocenters. The molecular weight excluding hydrogens is 509 g/mol. The molecule has 4 aromatic heterocycles. The zero-order chi connectivity index (χ0) is 23.4. The molecule has 0 bridgehead atoms. The highest BCUT2D eigenvalue weighted by Crippen LogP contribution is 2.35. The summed E-state index contributed by atoms with van der Waals surface area (Å²) in [6.45, 7) is 3.97. The van der Waals surface area contributed by atoms with Crippen molar-refractivity contribution in [3.63, 3.8) is 0 Å². The lowest BCUT2D eigenvalue weighted by atomic mass is 10.2. The highest BCUT2D eigenvalue weighted by atomic mass is 79.9. The summed E-state index contributed by atoms with van der Waals surface area (Å²) >= 11 is 4.54. The summed E-state index contributed by atoms with van der Waals surface area (Å²) < 4.78 is 43.9. The Bertz CT molecular complexity index is 1330. The number of aromatic nitrogens is 5. The van der Waals surface area contributed by atoms with Crippen LogP contribution in [0.5, 0.6) is 0 Å². The second-order valence-electron chi connectivity index (χ2n) is 7.33. The van der Waals surface area contributed by atoms with Crippen LogP contribution in [0.15, 0.2) is 28.1 Å². The molecule has 0 saturated carbocycles. The molecule has 0 aliphatic carbocycles.